The molecule has 0 spiro atoms. The number of cyclic esters (lactones) is 1. The number of nitrogens with zero attached hydrogens (tertiary/aromatic N) is 1. The average Bonchev–Trinajstić information content (AvgIpc) is 2.95. The number of aliphatic imine (C=N–C) groups is 1. The first-order chi connectivity index (χ1) is 12.0. The Kier molecular flexibility index (Phi) is 5.14. The first-order valence-corrected chi connectivity index (χ1v) is 8.47. The number of hydrogen-bond donors (Lipinski definition) is 0. The average molecular weight is 398 g/mol. The van der Waals surface area contributed by atoms with Gasteiger partial charge in [-0.2, -0.15) is 0 Å². The zero-order valence-electron chi connectivity index (χ0n) is 13.7. The molecule has 25 heavy (non-hydrogen) atoms. The maximum absolute atomic E-state index is 12.2. The Balaban J connectivity index is 1.93. The fourth-order valence-electron chi connectivity index (χ4n) is 2.24. The maximum Gasteiger partial charge on any atom is 0.363 e. The van der Waals surface area contributed by atoms with Crippen LogP contribution in [0.5, 0.6) is 5.75 Å². The Morgan fingerprint density at radius 3 is 2.72 bits per heavy atom. The normalized spacial score (nSPS) is 15.0. The van der Waals surface area contributed by atoms with Crippen molar-refractivity contribution in [2.45, 2.75) is 6.92 Å². The smallest absolute Gasteiger partial charge is 0.363 e. The highest BCUT2D eigenvalue weighted by Gasteiger charge is 2.25. The molecular weight excluding hydrogens is 382 g/mol. The molecule has 0 aliphatic carbocycles. The molecule has 5 heteroatoms. The van der Waals surface area contributed by atoms with Crippen LogP contribution in [0.4, 0.5) is 0 Å². The molecule has 0 amide bonds. The number of rotatable bonds is 5. The van der Waals surface area contributed by atoms with Crippen molar-refractivity contribution in [1.82, 2.24) is 0 Å². The molecule has 1 aliphatic heterocycles. The predicted molar refractivity (Wildman–Crippen MR) is 101 cm³/mol. The molecule has 0 unspecified atom stereocenters. The van der Waals surface area contributed by atoms with Gasteiger partial charge in [-0.1, -0.05) is 36.9 Å². The van der Waals surface area contributed by atoms with Gasteiger partial charge in [-0.3, -0.25) is 0 Å². The van der Waals surface area contributed by atoms with Gasteiger partial charge in [0.05, 0.1) is 5.56 Å². The third-order valence-electron chi connectivity index (χ3n) is 3.41. The summed E-state index contributed by atoms with van der Waals surface area (Å²) >= 11 is 3.44. The van der Waals surface area contributed by atoms with Crippen LogP contribution >= 0.6 is 15.9 Å². The fraction of sp³-hybridized carbons (Fsp3) is 0.100. The van der Waals surface area contributed by atoms with E-state index in [1.807, 2.05) is 55.5 Å². The number of carbonyl (C=O) groups is 1. The second-order valence-electron chi connectivity index (χ2n) is 5.60. The molecule has 4 nitrogen and oxygen atoms in total. The summed E-state index contributed by atoms with van der Waals surface area (Å²) in [4.78, 5) is 16.5. The van der Waals surface area contributed by atoms with E-state index in [0.717, 1.165) is 21.2 Å². The summed E-state index contributed by atoms with van der Waals surface area (Å²) in [5.41, 5.74) is 2.63. The molecule has 2 aromatic carbocycles. The summed E-state index contributed by atoms with van der Waals surface area (Å²) in [6, 6.07) is 14.9. The maximum atomic E-state index is 12.2. The number of halogens is 1. The van der Waals surface area contributed by atoms with E-state index in [9.17, 15) is 4.79 Å². The van der Waals surface area contributed by atoms with E-state index in [0.29, 0.717) is 12.4 Å². The Morgan fingerprint density at radius 1 is 1.24 bits per heavy atom. The lowest BCUT2D eigenvalue weighted by Crippen LogP contribution is -2.06. The van der Waals surface area contributed by atoms with Crippen LogP contribution in [0.2, 0.25) is 0 Å². The SMILES string of the molecule is C=C(C)COc1ccccc1C=C1N=C(c2ccccc2Br)OC1=O. The minimum atomic E-state index is -0.486. The van der Waals surface area contributed by atoms with E-state index in [4.69, 9.17) is 9.47 Å². The van der Waals surface area contributed by atoms with E-state index in [2.05, 4.69) is 27.5 Å². The van der Waals surface area contributed by atoms with E-state index in [-0.39, 0.29) is 11.6 Å². The quantitative estimate of drug-likeness (QED) is 0.415. The Labute approximate surface area is 154 Å². The lowest BCUT2D eigenvalue weighted by atomic mass is 10.1. The number of para-hydroxylation sites is 1. The van der Waals surface area contributed by atoms with Crippen LogP contribution in [0.15, 0.2) is 75.8 Å². The zero-order chi connectivity index (χ0) is 17.8. The molecule has 0 atom stereocenters. The Bertz CT molecular complexity index is 899. The minimum absolute atomic E-state index is 0.233. The van der Waals surface area contributed by atoms with Crippen molar-refractivity contribution in [2.24, 2.45) is 4.99 Å². The van der Waals surface area contributed by atoms with Gasteiger partial charge < -0.3 is 9.47 Å². The van der Waals surface area contributed by atoms with Crippen molar-refractivity contribution in [3.8, 4) is 5.75 Å². The van der Waals surface area contributed by atoms with Crippen molar-refractivity contribution in [3.63, 3.8) is 0 Å². The van der Waals surface area contributed by atoms with Gasteiger partial charge in [0.25, 0.3) is 0 Å². The fourth-order valence-corrected chi connectivity index (χ4v) is 2.69. The zero-order valence-corrected chi connectivity index (χ0v) is 15.2. The number of benzene rings is 2. The second kappa shape index (κ2) is 7.49. The molecule has 0 radical (unpaired) electrons. The number of carbonyl (C=O) groups excluding carboxylic acids is 1. The van der Waals surface area contributed by atoms with Crippen LogP contribution in [0.25, 0.3) is 6.08 Å². The highest BCUT2D eigenvalue weighted by molar-refractivity contribution is 9.10. The van der Waals surface area contributed by atoms with E-state index < -0.39 is 5.97 Å². The van der Waals surface area contributed by atoms with Crippen LogP contribution in [0.1, 0.15) is 18.1 Å². The van der Waals surface area contributed by atoms with Crippen molar-refractivity contribution >= 4 is 33.9 Å². The molecule has 126 valence electrons. The van der Waals surface area contributed by atoms with E-state index in [1.165, 1.54) is 0 Å². The molecule has 0 bridgehead atoms. The van der Waals surface area contributed by atoms with Gasteiger partial charge in [-0.25, -0.2) is 9.79 Å². The monoisotopic (exact) mass is 397 g/mol. The molecular formula is C20H16BrNO3. The first-order valence-electron chi connectivity index (χ1n) is 7.68. The van der Waals surface area contributed by atoms with E-state index in [1.54, 1.807) is 6.08 Å². The van der Waals surface area contributed by atoms with Crippen molar-refractivity contribution < 1.29 is 14.3 Å². The summed E-state index contributed by atoms with van der Waals surface area (Å²) in [5, 5.41) is 0. The van der Waals surface area contributed by atoms with Gasteiger partial charge in [-0.15, -0.1) is 0 Å². The predicted octanol–water partition coefficient (Wildman–Crippen LogP) is 4.75. The molecule has 2 aromatic rings. The van der Waals surface area contributed by atoms with Crippen LogP contribution in [0, 0.1) is 0 Å². The molecule has 3 rings (SSSR count). The number of esters is 1. The molecule has 0 saturated carbocycles. The topological polar surface area (TPSA) is 47.9 Å². The number of hydrogen-bond acceptors (Lipinski definition) is 4. The third kappa shape index (κ3) is 4.06. The minimum Gasteiger partial charge on any atom is -0.489 e. The van der Waals surface area contributed by atoms with Crippen LogP contribution < -0.4 is 4.74 Å². The largest absolute Gasteiger partial charge is 0.489 e. The van der Waals surface area contributed by atoms with Crippen LogP contribution in [-0.4, -0.2) is 18.5 Å². The van der Waals surface area contributed by atoms with Gasteiger partial charge in [0.2, 0.25) is 5.90 Å². The molecule has 0 aromatic heterocycles. The van der Waals surface area contributed by atoms with Gasteiger partial charge in [0.1, 0.15) is 12.4 Å². The van der Waals surface area contributed by atoms with Crippen LogP contribution in [0.3, 0.4) is 0 Å². The second-order valence-corrected chi connectivity index (χ2v) is 6.45. The van der Waals surface area contributed by atoms with Crippen molar-refractivity contribution in [2.75, 3.05) is 6.61 Å². The molecule has 0 fully saturated rings. The van der Waals surface area contributed by atoms with Crippen molar-refractivity contribution in [1.29, 1.82) is 0 Å². The summed E-state index contributed by atoms with van der Waals surface area (Å²) in [5.74, 6) is 0.458. The van der Waals surface area contributed by atoms with Crippen LogP contribution in [-0.2, 0) is 9.53 Å². The highest BCUT2D eigenvalue weighted by Crippen LogP contribution is 2.26. The Morgan fingerprint density at radius 2 is 1.96 bits per heavy atom. The van der Waals surface area contributed by atoms with Gasteiger partial charge in [0.15, 0.2) is 5.70 Å². The standard InChI is InChI=1S/C20H16BrNO3/c1-13(2)12-24-18-10-6-3-7-14(18)11-17-20(23)25-19(22-17)15-8-4-5-9-16(15)21/h3-11H,1,12H2,2H3. The molecule has 0 saturated heterocycles. The first kappa shape index (κ1) is 17.2. The van der Waals surface area contributed by atoms with Gasteiger partial charge in [0, 0.05) is 10.0 Å². The highest BCUT2D eigenvalue weighted by atomic mass is 79.9. The summed E-state index contributed by atoms with van der Waals surface area (Å²) in [6.45, 7) is 6.13. The lowest BCUT2D eigenvalue weighted by molar-refractivity contribution is -0.129. The summed E-state index contributed by atoms with van der Waals surface area (Å²) < 4.78 is 11.8. The molecule has 0 N–H and O–H groups in total. The molecule has 1 aliphatic rings. The van der Waals surface area contributed by atoms with Crippen molar-refractivity contribution in [3.05, 3.63) is 82.0 Å². The van der Waals surface area contributed by atoms with E-state index >= 15 is 0 Å². The molecule has 1 heterocycles. The van der Waals surface area contributed by atoms with Gasteiger partial charge in [-0.05, 0) is 52.7 Å². The summed E-state index contributed by atoms with van der Waals surface area (Å²) in [6.07, 6.45) is 1.67. The van der Waals surface area contributed by atoms with Gasteiger partial charge >= 0.3 is 5.97 Å². The summed E-state index contributed by atoms with van der Waals surface area (Å²) in [7, 11) is 0. The third-order valence-corrected chi connectivity index (χ3v) is 4.10. The lowest BCUT2D eigenvalue weighted by Gasteiger charge is -2.08. The number of ether oxygens (including phenoxy) is 2. The Hall–Kier alpha value is -2.66.